The van der Waals surface area contributed by atoms with Crippen LogP contribution in [0.15, 0.2) is 35.2 Å². The van der Waals surface area contributed by atoms with Crippen LogP contribution in [0.4, 0.5) is 0 Å². The van der Waals surface area contributed by atoms with Crippen LogP contribution in [0, 0.1) is 18.8 Å². The summed E-state index contributed by atoms with van der Waals surface area (Å²) in [6.45, 7) is 4.94. The molecule has 4 nitrogen and oxygen atoms in total. The van der Waals surface area contributed by atoms with Crippen molar-refractivity contribution in [2.45, 2.75) is 13.0 Å². The Hall–Kier alpha value is -1.43. The fourth-order valence-electron chi connectivity index (χ4n) is 4.29. The van der Waals surface area contributed by atoms with Gasteiger partial charge in [-0.2, -0.15) is 0 Å². The fraction of sp³-hybridized carbons (Fsp3) is 0.444. The number of carbonyl (C=O) groups excluding carboxylic acids is 1. The maximum atomic E-state index is 12.6. The van der Waals surface area contributed by atoms with E-state index in [-0.39, 0.29) is 18.3 Å². The summed E-state index contributed by atoms with van der Waals surface area (Å²) in [6.07, 6.45) is 0. The van der Waals surface area contributed by atoms with Crippen LogP contribution in [0.1, 0.15) is 27.7 Å². The number of carbonyl (C=O) groups is 1. The Bertz CT molecular complexity index is 721. The zero-order valence-electron chi connectivity index (χ0n) is 13.9. The Kier molecular flexibility index (Phi) is 4.95. The van der Waals surface area contributed by atoms with Gasteiger partial charge < -0.3 is 4.90 Å². The van der Waals surface area contributed by atoms with Crippen LogP contribution in [0.25, 0.3) is 0 Å². The summed E-state index contributed by atoms with van der Waals surface area (Å²) in [5, 5.41) is 1.85. The van der Waals surface area contributed by atoms with Gasteiger partial charge in [-0.3, -0.25) is 9.69 Å². The number of fused-ring (bicyclic) bond motifs is 1. The Labute approximate surface area is 152 Å². The SMILES string of the molecule is Cc1ccccc1[C@@H]1[C@@H]2CN(C(=O)c3cscn3)C[C@@H]2CN1C.Cl. The van der Waals surface area contributed by atoms with Crippen LogP contribution >= 0.6 is 23.7 Å². The topological polar surface area (TPSA) is 36.4 Å². The highest BCUT2D eigenvalue weighted by Crippen LogP contribution is 2.45. The van der Waals surface area contributed by atoms with E-state index in [0.29, 0.717) is 23.6 Å². The first kappa shape index (κ1) is 17.4. The van der Waals surface area contributed by atoms with E-state index in [1.807, 2.05) is 10.3 Å². The number of benzene rings is 1. The maximum absolute atomic E-state index is 12.6. The number of nitrogens with zero attached hydrogens (tertiary/aromatic N) is 3. The molecule has 0 radical (unpaired) electrons. The quantitative estimate of drug-likeness (QED) is 0.821. The summed E-state index contributed by atoms with van der Waals surface area (Å²) in [6, 6.07) is 9.05. The molecule has 2 fully saturated rings. The van der Waals surface area contributed by atoms with Crippen LogP contribution in [0.5, 0.6) is 0 Å². The molecule has 24 heavy (non-hydrogen) atoms. The minimum absolute atomic E-state index is 0. The molecule has 3 atom stereocenters. The third-order valence-corrected chi connectivity index (χ3v) is 5.93. The number of likely N-dealkylation sites (tertiary alicyclic amines) is 2. The second-order valence-corrected chi connectivity index (χ2v) is 7.47. The van der Waals surface area contributed by atoms with Crippen LogP contribution < -0.4 is 0 Å². The number of aryl methyl sites for hydroxylation is 1. The second-order valence-electron chi connectivity index (χ2n) is 6.75. The molecule has 0 saturated carbocycles. The first-order valence-electron chi connectivity index (χ1n) is 8.08. The molecule has 6 heteroatoms. The molecule has 3 heterocycles. The number of hydrogen-bond acceptors (Lipinski definition) is 4. The lowest BCUT2D eigenvalue weighted by Gasteiger charge is -2.27. The molecule has 0 bridgehead atoms. The normalized spacial score (nSPS) is 26.2. The highest BCUT2D eigenvalue weighted by molar-refractivity contribution is 7.07. The van der Waals surface area contributed by atoms with E-state index in [0.717, 1.165) is 19.6 Å². The average Bonchev–Trinajstić information content (AvgIpc) is 3.23. The predicted molar refractivity (Wildman–Crippen MR) is 98.8 cm³/mol. The molecule has 1 aromatic carbocycles. The van der Waals surface area contributed by atoms with Gasteiger partial charge in [0, 0.05) is 37.0 Å². The molecule has 0 spiro atoms. The average molecular weight is 364 g/mol. The van der Waals surface area contributed by atoms with E-state index in [2.05, 4.69) is 48.1 Å². The number of aromatic nitrogens is 1. The van der Waals surface area contributed by atoms with E-state index in [9.17, 15) is 4.79 Å². The molecular weight excluding hydrogens is 342 g/mol. The van der Waals surface area contributed by atoms with Gasteiger partial charge in [-0.15, -0.1) is 23.7 Å². The van der Waals surface area contributed by atoms with Gasteiger partial charge >= 0.3 is 0 Å². The van der Waals surface area contributed by atoms with Crippen molar-refractivity contribution in [2.75, 3.05) is 26.7 Å². The van der Waals surface area contributed by atoms with E-state index in [4.69, 9.17) is 0 Å². The second kappa shape index (κ2) is 6.82. The van der Waals surface area contributed by atoms with Gasteiger partial charge in [-0.1, -0.05) is 24.3 Å². The summed E-state index contributed by atoms with van der Waals surface area (Å²) in [4.78, 5) is 21.2. The lowest BCUT2D eigenvalue weighted by molar-refractivity contribution is 0.0763. The molecule has 2 saturated heterocycles. The van der Waals surface area contributed by atoms with Crippen LogP contribution in [-0.4, -0.2) is 47.4 Å². The van der Waals surface area contributed by atoms with Crippen molar-refractivity contribution in [1.29, 1.82) is 0 Å². The number of thiazole rings is 1. The van der Waals surface area contributed by atoms with Gasteiger partial charge in [-0.05, 0) is 31.0 Å². The van der Waals surface area contributed by atoms with Crippen molar-refractivity contribution in [3.05, 3.63) is 52.0 Å². The number of amides is 1. The summed E-state index contributed by atoms with van der Waals surface area (Å²) in [7, 11) is 2.21. The summed E-state index contributed by atoms with van der Waals surface area (Å²) in [5.41, 5.74) is 5.07. The van der Waals surface area contributed by atoms with Gasteiger partial charge in [0.05, 0.1) is 5.51 Å². The number of hydrogen-bond donors (Lipinski definition) is 0. The Balaban J connectivity index is 0.00000169. The molecule has 0 aliphatic carbocycles. The lowest BCUT2D eigenvalue weighted by Crippen LogP contribution is -2.33. The van der Waals surface area contributed by atoms with Crippen molar-refractivity contribution >= 4 is 29.7 Å². The minimum Gasteiger partial charge on any atom is -0.337 e. The summed E-state index contributed by atoms with van der Waals surface area (Å²) >= 11 is 1.48. The Morgan fingerprint density at radius 2 is 2.04 bits per heavy atom. The maximum Gasteiger partial charge on any atom is 0.273 e. The largest absolute Gasteiger partial charge is 0.337 e. The van der Waals surface area contributed by atoms with Crippen molar-refractivity contribution in [1.82, 2.24) is 14.8 Å². The van der Waals surface area contributed by atoms with Gasteiger partial charge in [0.1, 0.15) is 5.69 Å². The highest BCUT2D eigenvalue weighted by Gasteiger charge is 2.47. The zero-order valence-corrected chi connectivity index (χ0v) is 15.5. The molecule has 128 valence electrons. The molecular formula is C18H22ClN3OS. The molecule has 1 aromatic heterocycles. The number of halogens is 1. The minimum atomic E-state index is 0. The Morgan fingerprint density at radius 3 is 2.75 bits per heavy atom. The van der Waals surface area contributed by atoms with Gasteiger partial charge in [-0.25, -0.2) is 4.98 Å². The molecule has 2 aliphatic rings. The van der Waals surface area contributed by atoms with Crippen molar-refractivity contribution < 1.29 is 4.79 Å². The first-order chi connectivity index (χ1) is 11.1. The monoisotopic (exact) mass is 363 g/mol. The zero-order chi connectivity index (χ0) is 16.0. The van der Waals surface area contributed by atoms with Crippen molar-refractivity contribution in [3.63, 3.8) is 0 Å². The first-order valence-corrected chi connectivity index (χ1v) is 9.02. The van der Waals surface area contributed by atoms with Gasteiger partial charge in [0.2, 0.25) is 0 Å². The van der Waals surface area contributed by atoms with Crippen LogP contribution in [-0.2, 0) is 0 Å². The van der Waals surface area contributed by atoms with Gasteiger partial charge in [0.15, 0.2) is 0 Å². The molecule has 4 rings (SSSR count). The third kappa shape index (κ3) is 2.85. The fourth-order valence-corrected chi connectivity index (χ4v) is 4.82. The molecule has 0 N–H and O–H groups in total. The van der Waals surface area contributed by atoms with E-state index in [1.54, 1.807) is 5.51 Å². The van der Waals surface area contributed by atoms with Crippen LogP contribution in [0.3, 0.4) is 0 Å². The highest BCUT2D eigenvalue weighted by atomic mass is 35.5. The summed E-state index contributed by atoms with van der Waals surface area (Å²) in [5.74, 6) is 1.17. The molecule has 0 unspecified atom stereocenters. The number of rotatable bonds is 2. The van der Waals surface area contributed by atoms with E-state index in [1.165, 1.54) is 22.5 Å². The summed E-state index contributed by atoms with van der Waals surface area (Å²) < 4.78 is 0. The van der Waals surface area contributed by atoms with Crippen molar-refractivity contribution in [3.8, 4) is 0 Å². The molecule has 1 amide bonds. The third-order valence-electron chi connectivity index (χ3n) is 5.34. The standard InChI is InChI=1S/C18H21N3OS.ClH/c1-12-5-3-4-6-14(12)17-15-9-21(8-13(15)7-20(17)2)18(22)16-10-23-11-19-16;/h3-6,10-11,13,15,17H,7-9H2,1-2H3;1H/t13-,15+,17+;/m0./s1. The van der Waals surface area contributed by atoms with Gasteiger partial charge in [0.25, 0.3) is 5.91 Å². The molecule has 2 aromatic rings. The Morgan fingerprint density at radius 1 is 1.25 bits per heavy atom. The predicted octanol–water partition coefficient (Wildman–Crippen LogP) is 3.25. The smallest absolute Gasteiger partial charge is 0.273 e. The lowest BCUT2D eigenvalue weighted by atomic mass is 9.88. The molecule has 2 aliphatic heterocycles. The van der Waals surface area contributed by atoms with E-state index >= 15 is 0 Å². The van der Waals surface area contributed by atoms with Crippen LogP contribution in [0.2, 0.25) is 0 Å². The van der Waals surface area contributed by atoms with E-state index < -0.39 is 0 Å². The van der Waals surface area contributed by atoms with Crippen molar-refractivity contribution in [2.24, 2.45) is 11.8 Å².